The molecule has 4 nitrogen and oxygen atoms in total. The van der Waals surface area contributed by atoms with Crippen molar-refractivity contribution >= 4 is 17.5 Å². The van der Waals surface area contributed by atoms with E-state index in [1.54, 1.807) is 20.8 Å². The van der Waals surface area contributed by atoms with Crippen molar-refractivity contribution in [1.82, 2.24) is 0 Å². The van der Waals surface area contributed by atoms with Gasteiger partial charge in [0, 0.05) is 6.04 Å². The largest absolute Gasteiger partial charge is 0.444 e. The molecular formula is C17H27FN2O2. The van der Waals surface area contributed by atoms with Crippen molar-refractivity contribution in [3.63, 3.8) is 0 Å². The number of benzene rings is 1. The highest BCUT2D eigenvalue weighted by Gasteiger charge is 2.19. The molecule has 0 radical (unpaired) electrons. The second-order valence-corrected chi connectivity index (χ2v) is 6.72. The Balaban J connectivity index is 2.93. The minimum Gasteiger partial charge on any atom is -0.444 e. The van der Waals surface area contributed by atoms with Crippen molar-refractivity contribution in [2.24, 2.45) is 5.92 Å². The third-order valence-corrected chi connectivity index (χ3v) is 3.20. The van der Waals surface area contributed by atoms with Gasteiger partial charge in [0.25, 0.3) is 0 Å². The van der Waals surface area contributed by atoms with Crippen molar-refractivity contribution < 1.29 is 13.9 Å². The molecule has 0 aliphatic rings. The van der Waals surface area contributed by atoms with E-state index in [2.05, 4.69) is 31.4 Å². The summed E-state index contributed by atoms with van der Waals surface area (Å²) in [6, 6.07) is 4.43. The molecule has 0 fully saturated rings. The van der Waals surface area contributed by atoms with E-state index in [0.717, 1.165) is 6.42 Å². The average Bonchev–Trinajstić information content (AvgIpc) is 2.36. The van der Waals surface area contributed by atoms with Crippen molar-refractivity contribution in [2.75, 3.05) is 10.6 Å². The van der Waals surface area contributed by atoms with Gasteiger partial charge in [0.15, 0.2) is 0 Å². The van der Waals surface area contributed by atoms with Gasteiger partial charge in [-0.3, -0.25) is 5.32 Å². The fourth-order valence-corrected chi connectivity index (χ4v) is 2.10. The number of nitrogens with one attached hydrogen (secondary N) is 2. The highest BCUT2D eigenvalue weighted by Crippen LogP contribution is 2.26. The van der Waals surface area contributed by atoms with E-state index in [4.69, 9.17) is 4.74 Å². The second-order valence-electron chi connectivity index (χ2n) is 6.72. The molecular weight excluding hydrogens is 283 g/mol. The number of halogens is 1. The fraction of sp³-hybridized carbons (Fsp3) is 0.588. The van der Waals surface area contributed by atoms with Crippen LogP contribution < -0.4 is 10.6 Å². The van der Waals surface area contributed by atoms with E-state index >= 15 is 0 Å². The van der Waals surface area contributed by atoms with Crippen LogP contribution >= 0.6 is 0 Å². The van der Waals surface area contributed by atoms with Crippen LogP contribution in [0.4, 0.5) is 20.6 Å². The SMILES string of the molecule is CCC(Nc1cc(F)ccc1NC(=O)OC(C)(C)C)C(C)C. The molecule has 22 heavy (non-hydrogen) atoms. The summed E-state index contributed by atoms with van der Waals surface area (Å²) >= 11 is 0. The number of ether oxygens (including phenoxy) is 1. The molecule has 0 saturated carbocycles. The van der Waals surface area contributed by atoms with E-state index in [1.807, 2.05) is 0 Å². The lowest BCUT2D eigenvalue weighted by atomic mass is 10.0. The molecule has 0 bridgehead atoms. The summed E-state index contributed by atoms with van der Waals surface area (Å²) in [6.45, 7) is 11.6. The van der Waals surface area contributed by atoms with Crippen LogP contribution in [0.1, 0.15) is 48.0 Å². The molecule has 0 spiro atoms. The first-order valence-electron chi connectivity index (χ1n) is 7.68. The number of anilines is 2. The normalized spacial score (nSPS) is 12.9. The van der Waals surface area contributed by atoms with E-state index in [1.165, 1.54) is 18.2 Å². The first kappa shape index (κ1) is 18.3. The third kappa shape index (κ3) is 5.92. The topological polar surface area (TPSA) is 50.4 Å². The van der Waals surface area contributed by atoms with Gasteiger partial charge in [-0.15, -0.1) is 0 Å². The Morgan fingerprint density at radius 1 is 1.27 bits per heavy atom. The first-order valence-corrected chi connectivity index (χ1v) is 7.68. The maximum absolute atomic E-state index is 13.5. The van der Waals surface area contributed by atoms with Gasteiger partial charge in [-0.05, 0) is 51.3 Å². The Kier molecular flexibility index (Phi) is 6.21. The summed E-state index contributed by atoms with van der Waals surface area (Å²) in [7, 11) is 0. The van der Waals surface area contributed by atoms with Crippen LogP contribution in [-0.2, 0) is 4.74 Å². The van der Waals surface area contributed by atoms with Gasteiger partial charge < -0.3 is 10.1 Å². The Labute approximate surface area is 132 Å². The van der Waals surface area contributed by atoms with Gasteiger partial charge in [0.1, 0.15) is 11.4 Å². The summed E-state index contributed by atoms with van der Waals surface area (Å²) < 4.78 is 18.8. The highest BCUT2D eigenvalue weighted by atomic mass is 19.1. The first-order chi connectivity index (χ1) is 10.1. The summed E-state index contributed by atoms with van der Waals surface area (Å²) in [5.74, 6) is 0.0403. The minimum absolute atomic E-state index is 0.195. The van der Waals surface area contributed by atoms with Crippen LogP contribution in [-0.4, -0.2) is 17.7 Å². The minimum atomic E-state index is -0.582. The second kappa shape index (κ2) is 7.47. The van der Waals surface area contributed by atoms with Crippen LogP contribution in [0.2, 0.25) is 0 Å². The summed E-state index contributed by atoms with van der Waals surface area (Å²) in [6.07, 6.45) is 0.347. The number of hydrogen-bond donors (Lipinski definition) is 2. The Morgan fingerprint density at radius 2 is 1.91 bits per heavy atom. The molecule has 0 heterocycles. The standard InChI is InChI=1S/C17H27FN2O2/c1-7-13(11(2)3)19-15-10-12(18)8-9-14(15)20-16(21)22-17(4,5)6/h8-11,13,19H,7H2,1-6H3,(H,20,21). The molecule has 1 atom stereocenters. The number of rotatable bonds is 5. The number of carbonyl (C=O) groups excluding carboxylic acids is 1. The lowest BCUT2D eigenvalue weighted by Gasteiger charge is -2.24. The van der Waals surface area contributed by atoms with Gasteiger partial charge >= 0.3 is 6.09 Å². The van der Waals surface area contributed by atoms with E-state index in [9.17, 15) is 9.18 Å². The van der Waals surface area contributed by atoms with E-state index < -0.39 is 11.7 Å². The highest BCUT2D eigenvalue weighted by molar-refractivity contribution is 5.89. The van der Waals surface area contributed by atoms with Crippen LogP contribution in [0.15, 0.2) is 18.2 Å². The van der Waals surface area contributed by atoms with Crippen molar-refractivity contribution in [3.05, 3.63) is 24.0 Å². The number of hydrogen-bond acceptors (Lipinski definition) is 3. The molecule has 0 aromatic heterocycles. The Hall–Kier alpha value is -1.78. The Bertz CT molecular complexity index is 510. The smallest absolute Gasteiger partial charge is 0.412 e. The monoisotopic (exact) mass is 310 g/mol. The molecule has 1 unspecified atom stereocenters. The zero-order valence-corrected chi connectivity index (χ0v) is 14.3. The van der Waals surface area contributed by atoms with Crippen LogP contribution in [0.3, 0.4) is 0 Å². The summed E-state index contributed by atoms with van der Waals surface area (Å²) in [4.78, 5) is 11.9. The zero-order chi connectivity index (χ0) is 16.9. The molecule has 1 rings (SSSR count). The summed E-state index contributed by atoms with van der Waals surface area (Å²) in [5.41, 5.74) is 0.489. The fourth-order valence-electron chi connectivity index (χ4n) is 2.10. The molecule has 1 aromatic rings. The third-order valence-electron chi connectivity index (χ3n) is 3.20. The Morgan fingerprint density at radius 3 is 2.41 bits per heavy atom. The quantitative estimate of drug-likeness (QED) is 0.803. The summed E-state index contributed by atoms with van der Waals surface area (Å²) in [5, 5.41) is 5.97. The molecule has 1 aromatic carbocycles. The van der Waals surface area contributed by atoms with Gasteiger partial charge in [-0.2, -0.15) is 0 Å². The number of carbonyl (C=O) groups is 1. The lowest BCUT2D eigenvalue weighted by Crippen LogP contribution is -2.28. The molecule has 124 valence electrons. The van der Waals surface area contributed by atoms with Gasteiger partial charge in [-0.25, -0.2) is 9.18 Å². The molecule has 5 heteroatoms. The lowest BCUT2D eigenvalue weighted by molar-refractivity contribution is 0.0636. The maximum atomic E-state index is 13.5. The van der Waals surface area contributed by atoms with Crippen molar-refractivity contribution in [3.8, 4) is 0 Å². The van der Waals surface area contributed by atoms with Crippen molar-refractivity contribution in [1.29, 1.82) is 0 Å². The zero-order valence-electron chi connectivity index (χ0n) is 14.3. The van der Waals surface area contributed by atoms with E-state index in [0.29, 0.717) is 17.3 Å². The van der Waals surface area contributed by atoms with Gasteiger partial charge in [-0.1, -0.05) is 20.8 Å². The van der Waals surface area contributed by atoms with Gasteiger partial charge in [0.2, 0.25) is 0 Å². The number of amides is 1. The van der Waals surface area contributed by atoms with Crippen LogP contribution in [0.25, 0.3) is 0 Å². The molecule has 0 aliphatic heterocycles. The maximum Gasteiger partial charge on any atom is 0.412 e. The van der Waals surface area contributed by atoms with E-state index in [-0.39, 0.29) is 11.9 Å². The molecule has 0 saturated heterocycles. The predicted octanol–water partition coefficient (Wildman–Crippen LogP) is 5.02. The predicted molar refractivity (Wildman–Crippen MR) is 88.8 cm³/mol. The average molecular weight is 310 g/mol. The molecule has 1 amide bonds. The molecule has 2 N–H and O–H groups in total. The van der Waals surface area contributed by atoms with Gasteiger partial charge in [0.05, 0.1) is 11.4 Å². The molecule has 0 aliphatic carbocycles. The van der Waals surface area contributed by atoms with Crippen molar-refractivity contribution in [2.45, 2.75) is 59.6 Å². The van der Waals surface area contributed by atoms with Crippen LogP contribution in [0.5, 0.6) is 0 Å². The van der Waals surface area contributed by atoms with Crippen LogP contribution in [0, 0.1) is 11.7 Å².